The van der Waals surface area contributed by atoms with E-state index < -0.39 is 5.54 Å². The largest absolute Gasteiger partial charge is 0.317 e. The molecule has 0 spiro atoms. The second kappa shape index (κ2) is 3.43. The molecular weight excluding hydrogens is 216 g/mol. The number of rotatable bonds is 2. The summed E-state index contributed by atoms with van der Waals surface area (Å²) in [5.74, 6) is -0.0362. The Morgan fingerprint density at radius 2 is 2.27 bits per heavy atom. The number of carbonyl (C=O) groups is 1. The summed E-state index contributed by atoms with van der Waals surface area (Å²) < 4.78 is 0. The van der Waals surface area contributed by atoms with Gasteiger partial charge in [-0.05, 0) is 25.8 Å². The van der Waals surface area contributed by atoms with Gasteiger partial charge in [0.05, 0.1) is 5.54 Å². The number of nitrogens with two attached hydrogens (primary N) is 1. The van der Waals surface area contributed by atoms with E-state index in [0.29, 0.717) is 23.7 Å². The van der Waals surface area contributed by atoms with Crippen molar-refractivity contribution < 1.29 is 4.79 Å². The van der Waals surface area contributed by atoms with Gasteiger partial charge in [0.2, 0.25) is 11.9 Å². The predicted molar refractivity (Wildman–Crippen MR) is 56.6 cm³/mol. The maximum absolute atomic E-state index is 11.6. The van der Waals surface area contributed by atoms with E-state index in [-0.39, 0.29) is 11.9 Å². The molecule has 15 heavy (non-hydrogen) atoms. The van der Waals surface area contributed by atoms with Crippen LogP contribution in [0.3, 0.4) is 0 Å². The lowest BCUT2D eigenvalue weighted by Gasteiger charge is -2.08. The van der Waals surface area contributed by atoms with E-state index in [1.54, 1.807) is 13.0 Å². The Morgan fingerprint density at radius 3 is 2.80 bits per heavy atom. The van der Waals surface area contributed by atoms with E-state index >= 15 is 0 Å². The molecule has 1 heterocycles. The van der Waals surface area contributed by atoms with Gasteiger partial charge in [-0.3, -0.25) is 10.1 Å². The number of aromatic nitrogens is 2. The minimum Gasteiger partial charge on any atom is -0.317 e. The molecule has 80 valence electrons. The molecule has 0 radical (unpaired) electrons. The van der Waals surface area contributed by atoms with E-state index in [0.717, 1.165) is 0 Å². The Morgan fingerprint density at radius 1 is 1.60 bits per heavy atom. The van der Waals surface area contributed by atoms with Crippen molar-refractivity contribution >= 4 is 23.5 Å². The van der Waals surface area contributed by atoms with E-state index in [2.05, 4.69) is 15.3 Å². The molecule has 5 nitrogen and oxygen atoms in total. The van der Waals surface area contributed by atoms with Gasteiger partial charge >= 0.3 is 0 Å². The van der Waals surface area contributed by atoms with Gasteiger partial charge in [0.25, 0.3) is 0 Å². The second-order valence-electron chi connectivity index (χ2n) is 3.77. The number of nitrogens with zero attached hydrogens (tertiary/aromatic N) is 2. The van der Waals surface area contributed by atoms with E-state index in [1.165, 1.54) is 0 Å². The molecule has 1 aliphatic rings. The molecule has 0 saturated heterocycles. The standard InChI is InChI=1S/C9H11ClN4O/c1-5-4-6(10)13-8(12-5)14-7(15)9(11)2-3-9/h4H,2-3,11H2,1H3,(H,12,13,14,15). The molecule has 0 aliphatic heterocycles. The Labute approximate surface area is 92.0 Å². The van der Waals surface area contributed by atoms with Crippen LogP contribution in [0.15, 0.2) is 6.07 Å². The van der Waals surface area contributed by atoms with Crippen LogP contribution in [0.1, 0.15) is 18.5 Å². The first-order valence-corrected chi connectivity index (χ1v) is 4.99. The summed E-state index contributed by atoms with van der Waals surface area (Å²) in [5, 5.41) is 2.86. The van der Waals surface area contributed by atoms with Crippen LogP contribution in [0, 0.1) is 6.92 Å². The number of carbonyl (C=O) groups excluding carboxylic acids is 1. The molecule has 0 unspecified atom stereocenters. The lowest BCUT2D eigenvalue weighted by molar-refractivity contribution is -0.118. The fourth-order valence-electron chi connectivity index (χ4n) is 1.17. The van der Waals surface area contributed by atoms with Gasteiger partial charge in [-0.25, -0.2) is 9.97 Å². The normalized spacial score (nSPS) is 17.3. The van der Waals surface area contributed by atoms with Gasteiger partial charge in [-0.15, -0.1) is 0 Å². The van der Waals surface area contributed by atoms with Crippen LogP contribution in [0.2, 0.25) is 5.15 Å². The van der Waals surface area contributed by atoms with Crippen molar-refractivity contribution in [2.24, 2.45) is 5.73 Å². The SMILES string of the molecule is Cc1cc(Cl)nc(NC(=O)C2(N)CC2)n1. The molecule has 1 aliphatic carbocycles. The lowest BCUT2D eigenvalue weighted by Crippen LogP contribution is -2.38. The van der Waals surface area contributed by atoms with Crippen molar-refractivity contribution in [3.63, 3.8) is 0 Å². The maximum Gasteiger partial charge on any atom is 0.246 e. The number of hydrogen-bond donors (Lipinski definition) is 2. The molecule has 1 amide bonds. The van der Waals surface area contributed by atoms with Crippen LogP contribution >= 0.6 is 11.6 Å². The molecule has 1 saturated carbocycles. The van der Waals surface area contributed by atoms with Crippen molar-refractivity contribution in [1.29, 1.82) is 0 Å². The molecule has 1 aromatic heterocycles. The second-order valence-corrected chi connectivity index (χ2v) is 4.15. The number of anilines is 1. The maximum atomic E-state index is 11.6. The Bertz CT molecular complexity index is 396. The molecule has 1 aromatic rings. The van der Waals surface area contributed by atoms with E-state index in [1.807, 2.05) is 0 Å². The van der Waals surface area contributed by atoms with Gasteiger partial charge in [0, 0.05) is 5.69 Å². The minimum atomic E-state index is -0.723. The zero-order valence-electron chi connectivity index (χ0n) is 8.25. The number of halogens is 1. The molecule has 0 atom stereocenters. The topological polar surface area (TPSA) is 80.9 Å². The quantitative estimate of drug-likeness (QED) is 0.734. The van der Waals surface area contributed by atoms with Crippen LogP contribution in [-0.2, 0) is 4.79 Å². The highest BCUT2D eigenvalue weighted by Crippen LogP contribution is 2.33. The molecule has 0 aromatic carbocycles. The van der Waals surface area contributed by atoms with Crippen LogP contribution in [0.4, 0.5) is 5.95 Å². The Hall–Kier alpha value is -1.20. The zero-order chi connectivity index (χ0) is 11.1. The third kappa shape index (κ3) is 2.24. The highest BCUT2D eigenvalue weighted by molar-refractivity contribution is 6.29. The van der Waals surface area contributed by atoms with Crippen LogP contribution < -0.4 is 11.1 Å². The average Bonchev–Trinajstić information content (AvgIpc) is 2.83. The summed E-state index contributed by atoms with van der Waals surface area (Å²) in [4.78, 5) is 19.5. The highest BCUT2D eigenvalue weighted by atomic mass is 35.5. The summed E-state index contributed by atoms with van der Waals surface area (Å²) in [7, 11) is 0. The molecule has 3 N–H and O–H groups in total. The van der Waals surface area contributed by atoms with Crippen molar-refractivity contribution in [3.05, 3.63) is 16.9 Å². The molecule has 6 heteroatoms. The average molecular weight is 227 g/mol. The van der Waals surface area contributed by atoms with Gasteiger partial charge < -0.3 is 5.73 Å². The van der Waals surface area contributed by atoms with Gasteiger partial charge in [-0.2, -0.15) is 0 Å². The zero-order valence-corrected chi connectivity index (χ0v) is 9.01. The van der Waals surface area contributed by atoms with E-state index in [9.17, 15) is 4.79 Å². The van der Waals surface area contributed by atoms with Crippen LogP contribution in [-0.4, -0.2) is 21.4 Å². The Balaban J connectivity index is 2.13. The molecule has 2 rings (SSSR count). The number of nitrogens with one attached hydrogen (secondary N) is 1. The summed E-state index contributed by atoms with van der Waals surface area (Å²) in [5.41, 5.74) is 5.69. The number of hydrogen-bond acceptors (Lipinski definition) is 4. The number of aryl methyl sites for hydroxylation is 1. The third-order valence-electron chi connectivity index (χ3n) is 2.29. The summed E-state index contributed by atoms with van der Waals surface area (Å²) >= 11 is 5.73. The highest BCUT2D eigenvalue weighted by Gasteiger charge is 2.46. The summed E-state index contributed by atoms with van der Waals surface area (Å²) in [6.45, 7) is 1.78. The fourth-order valence-corrected chi connectivity index (χ4v) is 1.41. The smallest absolute Gasteiger partial charge is 0.246 e. The fraction of sp³-hybridized carbons (Fsp3) is 0.444. The van der Waals surface area contributed by atoms with Gasteiger partial charge in [0.15, 0.2) is 0 Å². The van der Waals surface area contributed by atoms with Crippen molar-refractivity contribution in [1.82, 2.24) is 9.97 Å². The Kier molecular flexibility index (Phi) is 2.36. The van der Waals surface area contributed by atoms with Crippen LogP contribution in [0.25, 0.3) is 0 Å². The number of amides is 1. The van der Waals surface area contributed by atoms with Gasteiger partial charge in [0.1, 0.15) is 5.15 Å². The first-order valence-electron chi connectivity index (χ1n) is 4.61. The summed E-state index contributed by atoms with van der Waals surface area (Å²) in [6.07, 6.45) is 1.41. The first kappa shape index (κ1) is 10.3. The summed E-state index contributed by atoms with van der Waals surface area (Å²) in [6, 6.07) is 1.62. The predicted octanol–water partition coefficient (Wildman–Crippen LogP) is 0.868. The third-order valence-corrected chi connectivity index (χ3v) is 2.48. The van der Waals surface area contributed by atoms with Crippen molar-refractivity contribution in [2.75, 3.05) is 5.32 Å². The molecule has 0 bridgehead atoms. The molecule has 1 fully saturated rings. The van der Waals surface area contributed by atoms with Crippen molar-refractivity contribution in [3.8, 4) is 0 Å². The van der Waals surface area contributed by atoms with E-state index in [4.69, 9.17) is 17.3 Å². The monoisotopic (exact) mass is 226 g/mol. The van der Waals surface area contributed by atoms with Crippen molar-refractivity contribution in [2.45, 2.75) is 25.3 Å². The lowest BCUT2D eigenvalue weighted by atomic mass is 10.3. The molecular formula is C9H11ClN4O. The van der Waals surface area contributed by atoms with Gasteiger partial charge in [-0.1, -0.05) is 11.6 Å². The van der Waals surface area contributed by atoms with Crippen LogP contribution in [0.5, 0.6) is 0 Å². The minimum absolute atomic E-state index is 0.210. The first-order chi connectivity index (χ1) is 6.99.